The molecule has 4 N–H and O–H groups in total. The molecule has 0 spiro atoms. The second kappa shape index (κ2) is 13.1. The summed E-state index contributed by atoms with van der Waals surface area (Å²) in [6, 6.07) is 7.41. The smallest absolute Gasteiger partial charge is 0.273 e. The minimum atomic E-state index is -0.904. The van der Waals surface area contributed by atoms with Crippen molar-refractivity contribution in [2.75, 3.05) is 6.54 Å². The van der Waals surface area contributed by atoms with Crippen molar-refractivity contribution < 1.29 is 23.6 Å². The van der Waals surface area contributed by atoms with Gasteiger partial charge in [0.15, 0.2) is 11.6 Å². The quantitative estimate of drug-likeness (QED) is 0.379. The number of fused-ring (bicyclic) bond motifs is 2. The van der Waals surface area contributed by atoms with Crippen molar-refractivity contribution in [3.8, 4) is 0 Å². The molecule has 3 atom stereocenters. The number of amides is 4. The normalized spacial score (nSPS) is 21.0. The summed E-state index contributed by atoms with van der Waals surface area (Å²) in [6.07, 6.45) is 3.46. The third kappa shape index (κ3) is 7.50. The van der Waals surface area contributed by atoms with Crippen LogP contribution in [0, 0.1) is 6.92 Å². The second-order valence-corrected chi connectivity index (χ2v) is 10.2. The average molecular weight is 553 g/mol. The summed E-state index contributed by atoms with van der Waals surface area (Å²) in [5, 5.41) is 13.7. The SMILES string of the molecule is CC[C@H]1NC(=O)[C@@H](NC(=O)c2coc(C)n2)CCCCNC(=O)c2csc(n2)[C@H](Cc2ccccc2)NC1=O. The van der Waals surface area contributed by atoms with E-state index < -0.39 is 29.9 Å². The Morgan fingerprint density at radius 3 is 2.56 bits per heavy atom. The van der Waals surface area contributed by atoms with Crippen LogP contribution in [0.4, 0.5) is 0 Å². The lowest BCUT2D eigenvalue weighted by Crippen LogP contribution is -2.54. The van der Waals surface area contributed by atoms with Gasteiger partial charge in [-0.05, 0) is 37.7 Å². The molecule has 0 unspecified atom stereocenters. The van der Waals surface area contributed by atoms with E-state index in [9.17, 15) is 19.2 Å². The van der Waals surface area contributed by atoms with Crippen LogP contribution in [-0.2, 0) is 16.0 Å². The highest BCUT2D eigenvalue weighted by Crippen LogP contribution is 2.23. The number of carbonyl (C=O) groups is 4. The molecule has 4 rings (SSSR count). The molecule has 12 heteroatoms. The van der Waals surface area contributed by atoms with Gasteiger partial charge in [0.05, 0.1) is 6.04 Å². The van der Waals surface area contributed by atoms with Crippen molar-refractivity contribution in [1.29, 1.82) is 0 Å². The van der Waals surface area contributed by atoms with E-state index in [2.05, 4.69) is 31.2 Å². The van der Waals surface area contributed by atoms with E-state index >= 15 is 0 Å². The Kier molecular flexibility index (Phi) is 9.42. The lowest BCUT2D eigenvalue weighted by Gasteiger charge is -2.24. The zero-order valence-electron chi connectivity index (χ0n) is 21.9. The predicted molar refractivity (Wildman–Crippen MR) is 144 cm³/mol. The van der Waals surface area contributed by atoms with E-state index in [-0.39, 0.29) is 17.5 Å². The third-order valence-electron chi connectivity index (χ3n) is 6.37. The number of nitrogens with one attached hydrogen (secondary N) is 4. The monoisotopic (exact) mass is 552 g/mol. The van der Waals surface area contributed by atoms with Crippen molar-refractivity contribution in [2.45, 2.75) is 64.1 Å². The summed E-state index contributed by atoms with van der Waals surface area (Å²) in [5.41, 5.74) is 1.35. The van der Waals surface area contributed by atoms with Gasteiger partial charge in [0.25, 0.3) is 11.8 Å². The Balaban J connectivity index is 1.56. The number of rotatable bonds is 5. The number of thiazole rings is 1. The van der Waals surface area contributed by atoms with Crippen molar-refractivity contribution in [3.05, 3.63) is 69.8 Å². The number of hydrogen-bond donors (Lipinski definition) is 4. The van der Waals surface area contributed by atoms with Crippen molar-refractivity contribution in [2.24, 2.45) is 0 Å². The summed E-state index contributed by atoms with van der Waals surface area (Å²) >= 11 is 1.30. The Labute approximate surface area is 230 Å². The molecule has 1 aromatic carbocycles. The predicted octanol–water partition coefficient (Wildman–Crippen LogP) is 2.45. The van der Waals surface area contributed by atoms with Gasteiger partial charge < -0.3 is 25.7 Å². The summed E-state index contributed by atoms with van der Waals surface area (Å²) in [5.74, 6) is -1.37. The highest BCUT2D eigenvalue weighted by Gasteiger charge is 2.29. The highest BCUT2D eigenvalue weighted by atomic mass is 32.1. The minimum Gasteiger partial charge on any atom is -0.448 e. The number of aryl methyl sites for hydroxylation is 1. The molecule has 0 radical (unpaired) electrons. The van der Waals surface area contributed by atoms with Gasteiger partial charge >= 0.3 is 0 Å². The second-order valence-electron chi connectivity index (χ2n) is 9.32. The number of aromatic nitrogens is 2. The average Bonchev–Trinajstić information content (AvgIpc) is 3.60. The molecule has 0 saturated heterocycles. The molecular formula is C27H32N6O5S. The van der Waals surface area contributed by atoms with Gasteiger partial charge in [-0.2, -0.15) is 0 Å². The fourth-order valence-electron chi connectivity index (χ4n) is 4.23. The molecule has 39 heavy (non-hydrogen) atoms. The maximum Gasteiger partial charge on any atom is 0.273 e. The molecule has 1 aliphatic rings. The van der Waals surface area contributed by atoms with Gasteiger partial charge in [-0.15, -0.1) is 11.3 Å². The van der Waals surface area contributed by atoms with Crippen molar-refractivity contribution in [3.63, 3.8) is 0 Å². The molecule has 3 aromatic rings. The molecule has 4 amide bonds. The Hall–Kier alpha value is -4.06. The van der Waals surface area contributed by atoms with E-state index in [1.54, 1.807) is 19.2 Å². The van der Waals surface area contributed by atoms with Crippen LogP contribution in [0.3, 0.4) is 0 Å². The van der Waals surface area contributed by atoms with Crippen LogP contribution in [0.25, 0.3) is 0 Å². The molecule has 0 aliphatic carbocycles. The first-order valence-electron chi connectivity index (χ1n) is 12.9. The van der Waals surface area contributed by atoms with Crippen LogP contribution in [0.15, 0.2) is 46.4 Å². The maximum absolute atomic E-state index is 13.4. The lowest BCUT2D eigenvalue weighted by molar-refractivity contribution is -0.130. The molecule has 2 bridgehead atoms. The minimum absolute atomic E-state index is 0.0651. The summed E-state index contributed by atoms with van der Waals surface area (Å²) in [6.45, 7) is 3.80. The Bertz CT molecular complexity index is 1310. The van der Waals surface area contributed by atoms with Gasteiger partial charge in [0, 0.05) is 18.8 Å². The number of nitrogens with zero attached hydrogens (tertiary/aromatic N) is 2. The van der Waals surface area contributed by atoms with Crippen molar-refractivity contribution >= 4 is 35.0 Å². The van der Waals surface area contributed by atoms with Gasteiger partial charge in [-0.1, -0.05) is 37.3 Å². The fourth-order valence-corrected chi connectivity index (χ4v) is 5.08. The topological polar surface area (TPSA) is 155 Å². The number of oxazole rings is 1. The van der Waals surface area contributed by atoms with Crippen LogP contribution in [0.1, 0.15) is 76.1 Å². The van der Waals surface area contributed by atoms with Crippen LogP contribution < -0.4 is 21.3 Å². The Morgan fingerprint density at radius 1 is 1.08 bits per heavy atom. The van der Waals surface area contributed by atoms with Gasteiger partial charge in [0.1, 0.15) is 29.0 Å². The first-order valence-corrected chi connectivity index (χ1v) is 13.8. The summed E-state index contributed by atoms with van der Waals surface area (Å²) in [4.78, 5) is 60.6. The van der Waals surface area contributed by atoms with Crippen LogP contribution in [0.2, 0.25) is 0 Å². The van der Waals surface area contributed by atoms with Crippen molar-refractivity contribution in [1.82, 2.24) is 31.2 Å². The van der Waals surface area contributed by atoms with E-state index in [0.717, 1.165) is 5.56 Å². The zero-order chi connectivity index (χ0) is 27.8. The van der Waals surface area contributed by atoms with E-state index in [4.69, 9.17) is 4.42 Å². The molecular weight excluding hydrogens is 520 g/mol. The Morgan fingerprint density at radius 2 is 1.85 bits per heavy atom. The first-order chi connectivity index (χ1) is 18.8. The standard InChI is InChI=1S/C27H32N6O5S/c1-3-18-24(35)32-20(13-17-9-5-4-6-10-17)27-33-22(15-39-27)23(34)28-12-8-7-11-19(25(36)30-18)31-26(37)21-14-38-16(2)29-21/h4-6,9-10,14-15,18-20H,3,7-8,11-13H2,1-2H3,(H,28,34)(H,30,36)(H,31,37)(H,32,35)/t18-,19+,20+/m1/s1. The van der Waals surface area contributed by atoms with Crippen LogP contribution >= 0.6 is 11.3 Å². The third-order valence-corrected chi connectivity index (χ3v) is 7.33. The fraction of sp³-hybridized carbons (Fsp3) is 0.407. The summed E-state index contributed by atoms with van der Waals surface area (Å²) in [7, 11) is 0. The first kappa shape index (κ1) is 28.0. The van der Waals surface area contributed by atoms with Crippen LogP contribution in [-0.4, -0.2) is 52.2 Å². The largest absolute Gasteiger partial charge is 0.448 e. The molecule has 11 nitrogen and oxygen atoms in total. The number of hydrogen-bond acceptors (Lipinski definition) is 8. The van der Waals surface area contributed by atoms with E-state index in [1.165, 1.54) is 17.6 Å². The highest BCUT2D eigenvalue weighted by molar-refractivity contribution is 7.09. The number of carbonyl (C=O) groups excluding carboxylic acids is 4. The molecule has 2 aromatic heterocycles. The molecule has 0 fully saturated rings. The molecule has 0 saturated carbocycles. The zero-order valence-corrected chi connectivity index (χ0v) is 22.7. The van der Waals surface area contributed by atoms with Gasteiger partial charge in [0.2, 0.25) is 11.8 Å². The molecule has 3 heterocycles. The molecule has 1 aliphatic heterocycles. The maximum atomic E-state index is 13.4. The lowest BCUT2D eigenvalue weighted by atomic mass is 10.0. The molecule has 206 valence electrons. The van der Waals surface area contributed by atoms with Crippen LogP contribution in [0.5, 0.6) is 0 Å². The van der Waals surface area contributed by atoms with E-state index in [0.29, 0.717) is 55.2 Å². The summed E-state index contributed by atoms with van der Waals surface area (Å²) < 4.78 is 5.11. The number of benzene rings is 1. The van der Waals surface area contributed by atoms with Gasteiger partial charge in [-0.25, -0.2) is 9.97 Å². The van der Waals surface area contributed by atoms with Gasteiger partial charge in [-0.3, -0.25) is 19.2 Å². The van der Waals surface area contributed by atoms with E-state index in [1.807, 2.05) is 30.3 Å².